The molecule has 0 aromatic heterocycles. The van der Waals surface area contributed by atoms with Crippen molar-refractivity contribution < 1.29 is 34.8 Å². The Balaban J connectivity index is 0. The van der Waals surface area contributed by atoms with E-state index in [4.69, 9.17) is 25.2 Å². The van der Waals surface area contributed by atoms with Crippen molar-refractivity contribution in [2.45, 2.75) is 38.1 Å². The minimum absolute atomic E-state index is 0.329. The number of carbonyl (C=O) groups is 2. The average molecular weight is 283 g/mol. The molecule has 1 unspecified atom stereocenters. The molecule has 1 heterocycles. The fourth-order valence-corrected chi connectivity index (χ4v) is 0.905. The highest BCUT2D eigenvalue weighted by molar-refractivity contribution is 6.22. The van der Waals surface area contributed by atoms with Crippen LogP contribution in [0.25, 0.3) is 0 Å². The van der Waals surface area contributed by atoms with E-state index in [1.54, 1.807) is 0 Å². The molecule has 0 amide bonds. The first-order chi connectivity index (χ1) is 8.26. The van der Waals surface area contributed by atoms with E-state index in [9.17, 15) is 9.59 Å². The lowest BCUT2D eigenvalue weighted by Gasteiger charge is -1.99. The third-order valence-corrected chi connectivity index (χ3v) is 1.76. The topological polar surface area (TPSA) is 147 Å². The molecule has 9 heteroatoms. The van der Waals surface area contributed by atoms with Gasteiger partial charge in [0.1, 0.15) is 12.1 Å². The van der Waals surface area contributed by atoms with Crippen molar-refractivity contribution in [3.63, 3.8) is 0 Å². The van der Waals surface area contributed by atoms with Crippen molar-refractivity contribution in [3.05, 3.63) is 0 Å². The van der Waals surface area contributed by atoms with E-state index >= 15 is 0 Å². The van der Waals surface area contributed by atoms with Gasteiger partial charge in [0, 0.05) is 13.0 Å². The molecule has 1 aliphatic heterocycles. The zero-order chi connectivity index (χ0) is 14.7. The van der Waals surface area contributed by atoms with E-state index in [0.717, 1.165) is 0 Å². The second kappa shape index (κ2) is 11.1. The number of β-amino-alcohol motifs (C(OH)–C–C–N with tert-alkyl or cyclic N) is 1. The number of carboxylic acids is 2. The molecule has 0 aromatic carbocycles. The van der Waals surface area contributed by atoms with Crippen LogP contribution in [0.4, 0.5) is 0 Å². The van der Waals surface area contributed by atoms with Crippen LogP contribution in [0.15, 0.2) is 0 Å². The third-order valence-electron chi connectivity index (χ3n) is 1.76. The summed E-state index contributed by atoms with van der Waals surface area (Å²) in [5.74, 6) is -2.07. The molecular weight excluding hydrogens is 262 g/mol. The monoisotopic (exact) mass is 283 g/mol. The minimum atomic E-state index is -1.23. The Hall–Kier alpha value is -1.00. The van der Waals surface area contributed by atoms with Gasteiger partial charge in [-0.05, 0) is 6.92 Å². The highest BCUT2D eigenvalue weighted by Gasteiger charge is 2.27. The number of nitrogens with one attached hydrogen (secondary N) is 1. The lowest BCUT2D eigenvalue weighted by atomic mass is 10.2. The van der Waals surface area contributed by atoms with Gasteiger partial charge in [-0.2, -0.15) is 0 Å². The SMILES string of the molecule is CC(O)C(=O)O.C[SiH2]O.O=C(O)[C@@H]1C[C@@H](O)CN1. The largest absolute Gasteiger partial charge is 0.480 e. The summed E-state index contributed by atoms with van der Waals surface area (Å²) in [5.41, 5.74) is 0. The van der Waals surface area contributed by atoms with Gasteiger partial charge in [0.05, 0.1) is 6.10 Å². The molecule has 0 aromatic rings. The second-order valence-electron chi connectivity index (χ2n) is 3.52. The predicted octanol–water partition coefficient (Wildman–Crippen LogP) is -2.64. The van der Waals surface area contributed by atoms with E-state index in [1.165, 1.54) is 6.92 Å². The van der Waals surface area contributed by atoms with Gasteiger partial charge in [0.25, 0.3) is 0 Å². The molecule has 18 heavy (non-hydrogen) atoms. The van der Waals surface area contributed by atoms with Crippen molar-refractivity contribution in [1.82, 2.24) is 5.32 Å². The summed E-state index contributed by atoms with van der Waals surface area (Å²) in [5, 5.41) is 35.6. The fourth-order valence-electron chi connectivity index (χ4n) is 0.905. The number of aliphatic hydroxyl groups is 2. The summed E-state index contributed by atoms with van der Waals surface area (Å²) < 4.78 is 0. The van der Waals surface area contributed by atoms with Crippen LogP contribution in [0.2, 0.25) is 6.55 Å². The number of aliphatic carboxylic acids is 2. The van der Waals surface area contributed by atoms with Crippen LogP contribution >= 0.6 is 0 Å². The van der Waals surface area contributed by atoms with E-state index in [-0.39, 0.29) is 0 Å². The van der Waals surface area contributed by atoms with Crippen LogP contribution in [0.1, 0.15) is 13.3 Å². The molecule has 0 spiro atoms. The third kappa shape index (κ3) is 11.5. The molecule has 8 nitrogen and oxygen atoms in total. The molecule has 0 saturated carbocycles. The smallest absolute Gasteiger partial charge is 0.332 e. The van der Waals surface area contributed by atoms with Crippen LogP contribution in [0.5, 0.6) is 0 Å². The van der Waals surface area contributed by atoms with E-state index in [1.807, 2.05) is 6.55 Å². The highest BCUT2D eigenvalue weighted by Crippen LogP contribution is 2.05. The normalized spacial score (nSPS) is 23.6. The lowest BCUT2D eigenvalue weighted by Crippen LogP contribution is -2.29. The molecule has 1 rings (SSSR count). The Bertz CT molecular complexity index is 249. The summed E-state index contributed by atoms with van der Waals surface area (Å²) in [4.78, 5) is 27.3. The first kappa shape index (κ1) is 19.3. The van der Waals surface area contributed by atoms with Crippen molar-refractivity contribution in [2.75, 3.05) is 6.54 Å². The Morgan fingerprint density at radius 2 is 1.78 bits per heavy atom. The van der Waals surface area contributed by atoms with E-state index in [2.05, 4.69) is 5.32 Å². The van der Waals surface area contributed by atoms with Crippen LogP contribution in [0.3, 0.4) is 0 Å². The molecule has 0 radical (unpaired) electrons. The maximum atomic E-state index is 10.2. The first-order valence-electron chi connectivity index (χ1n) is 5.42. The van der Waals surface area contributed by atoms with Gasteiger partial charge >= 0.3 is 11.9 Å². The maximum absolute atomic E-state index is 10.2. The molecule has 1 saturated heterocycles. The van der Waals surface area contributed by atoms with E-state index < -0.39 is 40.0 Å². The molecule has 6 N–H and O–H groups in total. The van der Waals surface area contributed by atoms with Crippen LogP contribution in [-0.4, -0.2) is 71.7 Å². The zero-order valence-corrected chi connectivity index (χ0v) is 11.8. The number of carboxylic acid groups (broad SMARTS) is 2. The van der Waals surface area contributed by atoms with Crippen LogP contribution in [0, 0.1) is 0 Å². The molecular formula is C9H21NO7Si. The number of hydrogen-bond donors (Lipinski definition) is 6. The minimum Gasteiger partial charge on any atom is -0.480 e. The predicted molar refractivity (Wildman–Crippen MR) is 66.0 cm³/mol. The maximum Gasteiger partial charge on any atom is 0.332 e. The van der Waals surface area contributed by atoms with Crippen molar-refractivity contribution in [3.8, 4) is 0 Å². The van der Waals surface area contributed by atoms with Gasteiger partial charge in [-0.15, -0.1) is 0 Å². The highest BCUT2D eigenvalue weighted by atomic mass is 28.2. The van der Waals surface area contributed by atoms with Gasteiger partial charge in [0.2, 0.25) is 0 Å². The Kier molecular flexibility index (Phi) is 11.9. The average Bonchev–Trinajstić information content (AvgIpc) is 2.67. The summed E-state index contributed by atoms with van der Waals surface area (Å²) in [7, 11) is -0.583. The summed E-state index contributed by atoms with van der Waals surface area (Å²) >= 11 is 0. The molecule has 0 bridgehead atoms. The number of aliphatic hydroxyl groups excluding tert-OH is 2. The van der Waals surface area contributed by atoms with Gasteiger partial charge in [0.15, 0.2) is 9.76 Å². The molecule has 1 fully saturated rings. The molecule has 1 aliphatic rings. The Morgan fingerprint density at radius 1 is 1.39 bits per heavy atom. The fraction of sp³-hybridized carbons (Fsp3) is 0.778. The quantitative estimate of drug-likeness (QED) is 0.301. The summed E-state index contributed by atoms with van der Waals surface area (Å²) in [6, 6.07) is -0.542. The van der Waals surface area contributed by atoms with Crippen molar-refractivity contribution in [2.24, 2.45) is 0 Å². The molecule has 3 atom stereocenters. The molecule has 108 valence electrons. The lowest BCUT2D eigenvalue weighted by molar-refractivity contribution is -0.145. The van der Waals surface area contributed by atoms with Gasteiger partial charge in [-0.1, -0.05) is 6.55 Å². The first-order valence-corrected chi connectivity index (χ1v) is 7.46. The van der Waals surface area contributed by atoms with Gasteiger partial charge < -0.3 is 30.5 Å². The van der Waals surface area contributed by atoms with Crippen LogP contribution < -0.4 is 5.32 Å². The van der Waals surface area contributed by atoms with Crippen molar-refractivity contribution in [1.29, 1.82) is 0 Å². The number of hydrogen-bond acceptors (Lipinski definition) is 6. The summed E-state index contributed by atoms with van der Waals surface area (Å²) in [6.07, 6.45) is -1.38. The van der Waals surface area contributed by atoms with Gasteiger partial charge in [-0.3, -0.25) is 4.79 Å². The number of rotatable bonds is 2. The standard InChI is InChI=1S/C5H9NO3.C3H6O3.CH6OSi/c7-3-1-4(5(8)9)6-2-3;1-2(4)3(5)6;1-3-2/h3-4,6-7H,1-2H2,(H,8,9);2,4H,1H3,(H,5,6);2H,3H2,1H3/t3-,4+;;/m1../s1. The van der Waals surface area contributed by atoms with E-state index in [0.29, 0.717) is 13.0 Å². The Labute approximate surface area is 107 Å². The zero-order valence-electron chi connectivity index (χ0n) is 10.4. The molecule has 0 aliphatic carbocycles. The van der Waals surface area contributed by atoms with Crippen LogP contribution in [-0.2, 0) is 9.59 Å². The second-order valence-corrected chi connectivity index (χ2v) is 4.15. The summed E-state index contributed by atoms with van der Waals surface area (Å²) in [6.45, 7) is 3.42. The van der Waals surface area contributed by atoms with Crippen molar-refractivity contribution >= 4 is 21.7 Å². The van der Waals surface area contributed by atoms with Gasteiger partial charge in [-0.25, -0.2) is 4.79 Å². The Morgan fingerprint density at radius 3 is 1.89 bits per heavy atom.